The van der Waals surface area contributed by atoms with Crippen LogP contribution in [0.2, 0.25) is 0 Å². The van der Waals surface area contributed by atoms with Gasteiger partial charge in [0.15, 0.2) is 0 Å². The van der Waals surface area contributed by atoms with Crippen LogP contribution in [0.4, 0.5) is 0 Å². The van der Waals surface area contributed by atoms with E-state index in [9.17, 15) is 0 Å². The molecule has 374 valence electrons. The van der Waals surface area contributed by atoms with Gasteiger partial charge in [0.1, 0.15) is 18.7 Å². The monoisotopic (exact) mass is 1060 g/mol. The Labute approximate surface area is 447 Å². The standard InChI is InChI=1S/C64H76N2P.3ClH.Cr/c1-7-52(43-50(6)55-25-15-10-16-26-55)58-39-41-59(42-40-58)54(9-3)45-61(57-29-19-12-20-30-57)46-62(44-53(8-2)56-27-17-11-18-28-56)60-37-35-51(36-38-60)47-65-48-66(49(4)5)67(63-31-21-13-22-32-63)64-33-23-14-24-34-64;;;;/h10-42,48-50,52-54,61-62,65H,7-9,43-47H2,1-6H3;3*1H;/q-1;;;;+4/p-2. The van der Waals surface area contributed by atoms with Gasteiger partial charge in [-0.05, 0) is 164 Å². The molecule has 0 aliphatic heterocycles. The van der Waals surface area contributed by atoms with Crippen LogP contribution in [0.1, 0.15) is 161 Å². The minimum atomic E-state index is -1.62. The van der Waals surface area contributed by atoms with E-state index in [0.717, 1.165) is 45.1 Å². The molecular formula is C64H77Cl3CrN2P+. The summed E-state index contributed by atoms with van der Waals surface area (Å²) in [6, 6.07) is 75.7. The van der Waals surface area contributed by atoms with E-state index in [4.69, 9.17) is 30.1 Å². The van der Waals surface area contributed by atoms with E-state index in [0.29, 0.717) is 41.5 Å². The Kier molecular flexibility index (Phi) is 24.3. The zero-order valence-corrected chi connectivity index (χ0v) is 47.4. The van der Waals surface area contributed by atoms with Gasteiger partial charge in [-0.25, -0.2) is 0 Å². The van der Waals surface area contributed by atoms with Crippen LogP contribution in [-0.2, 0) is 17.9 Å². The van der Waals surface area contributed by atoms with Gasteiger partial charge < -0.3 is 5.32 Å². The number of rotatable bonds is 25. The average Bonchev–Trinajstić information content (AvgIpc) is 3.41. The summed E-state index contributed by atoms with van der Waals surface area (Å²) < 4.78 is 2.56. The molecule has 1 N–H and O–H groups in total. The van der Waals surface area contributed by atoms with Crippen molar-refractivity contribution in [1.82, 2.24) is 9.99 Å². The fourth-order valence-electron chi connectivity index (χ4n) is 10.5. The molecule has 7 aromatic rings. The molecule has 0 aliphatic carbocycles. The van der Waals surface area contributed by atoms with E-state index in [1.54, 1.807) is 0 Å². The summed E-state index contributed by atoms with van der Waals surface area (Å²) in [6.45, 7) is 17.2. The predicted octanol–water partition coefficient (Wildman–Crippen LogP) is 18.6. The Bertz CT molecular complexity index is 2440. The van der Waals surface area contributed by atoms with Crippen molar-refractivity contribution in [2.24, 2.45) is 0 Å². The van der Waals surface area contributed by atoms with E-state index in [2.05, 4.69) is 258 Å². The minimum absolute atomic E-state index is 0.345. The quantitative estimate of drug-likeness (QED) is 0.0453. The molecule has 0 spiro atoms. The molecular weight excluding hydrogens is 986 g/mol. The van der Waals surface area contributed by atoms with E-state index in [1.807, 2.05) is 0 Å². The third-order valence-electron chi connectivity index (χ3n) is 14.5. The van der Waals surface area contributed by atoms with Crippen molar-refractivity contribution < 1.29 is 11.4 Å². The summed E-state index contributed by atoms with van der Waals surface area (Å²) in [4.78, 5) is 0. The number of halogens is 3. The summed E-state index contributed by atoms with van der Waals surface area (Å²) in [5.41, 5.74) is 10.1. The second-order valence-corrected chi connectivity index (χ2v) is 28.1. The molecule has 0 radical (unpaired) electrons. The summed E-state index contributed by atoms with van der Waals surface area (Å²) in [7, 11) is 13.6. The normalized spacial score (nSPS) is 14.2. The molecule has 0 saturated carbocycles. The van der Waals surface area contributed by atoms with Gasteiger partial charge in [0, 0.05) is 6.04 Å². The molecule has 6 atom stereocenters. The molecule has 7 rings (SSSR count). The zero-order chi connectivity index (χ0) is 50.4. The molecule has 71 heavy (non-hydrogen) atoms. The van der Waals surface area contributed by atoms with Crippen LogP contribution in [0, 0.1) is 6.67 Å². The number of hydrogen-bond donors (Lipinski definition) is 1. The van der Waals surface area contributed by atoms with Gasteiger partial charge in [-0.15, -0.1) is 0 Å². The molecule has 7 aromatic carbocycles. The van der Waals surface area contributed by atoms with Crippen molar-refractivity contribution in [2.45, 2.75) is 135 Å². The van der Waals surface area contributed by atoms with Crippen molar-refractivity contribution in [2.75, 3.05) is 0 Å². The molecule has 0 heterocycles. The molecule has 0 fully saturated rings. The van der Waals surface area contributed by atoms with E-state index < -0.39 is 19.5 Å². The van der Waals surface area contributed by atoms with Gasteiger partial charge >= 0.3 is 41.5 Å². The van der Waals surface area contributed by atoms with Crippen molar-refractivity contribution in [3.8, 4) is 0 Å². The average molecular weight is 1060 g/mol. The molecule has 0 aromatic heterocycles. The van der Waals surface area contributed by atoms with E-state index >= 15 is 0 Å². The van der Waals surface area contributed by atoms with Gasteiger partial charge in [-0.2, -0.15) is 6.67 Å². The Balaban J connectivity index is 0.00000199. The van der Waals surface area contributed by atoms with Crippen LogP contribution in [0.25, 0.3) is 0 Å². The molecule has 0 amide bonds. The van der Waals surface area contributed by atoms with Crippen molar-refractivity contribution in [3.63, 3.8) is 0 Å². The van der Waals surface area contributed by atoms with Crippen LogP contribution in [0.3, 0.4) is 0 Å². The first-order chi connectivity index (χ1) is 34.6. The van der Waals surface area contributed by atoms with Crippen molar-refractivity contribution >= 4 is 48.8 Å². The van der Waals surface area contributed by atoms with Crippen LogP contribution < -0.4 is 15.9 Å². The predicted molar refractivity (Wildman–Crippen MR) is 310 cm³/mol. The maximum absolute atomic E-state index is 4.93. The van der Waals surface area contributed by atoms with Crippen LogP contribution >= 0.6 is 38.2 Å². The first-order valence-electron chi connectivity index (χ1n) is 26.0. The van der Waals surface area contributed by atoms with Crippen molar-refractivity contribution in [3.05, 3.63) is 246 Å². The van der Waals surface area contributed by atoms with Crippen molar-refractivity contribution in [1.29, 1.82) is 0 Å². The van der Waals surface area contributed by atoms with Gasteiger partial charge in [0.25, 0.3) is 0 Å². The number of benzene rings is 7. The Morgan fingerprint density at radius 1 is 0.423 bits per heavy atom. The third-order valence-corrected chi connectivity index (χ3v) is 17.4. The van der Waals surface area contributed by atoms with Crippen LogP contribution in [-0.4, -0.2) is 10.7 Å². The van der Waals surface area contributed by atoms with E-state index in [1.165, 1.54) is 56.0 Å². The Morgan fingerprint density at radius 2 is 0.732 bits per heavy atom. The Hall–Kier alpha value is -3.71. The second kappa shape index (κ2) is 30.5. The first kappa shape index (κ1) is 56.6. The molecule has 0 aliphatic rings. The molecule has 2 nitrogen and oxygen atoms in total. The molecule has 7 heteroatoms. The molecule has 6 unspecified atom stereocenters. The fraction of sp³-hybridized carbons (Fsp3) is 0.328. The summed E-state index contributed by atoms with van der Waals surface area (Å²) in [5.74, 6) is 2.92. The van der Waals surface area contributed by atoms with Gasteiger partial charge in [0.2, 0.25) is 0 Å². The SMILES string of the molecule is CCC(CC(C)c1ccccc1)c1ccc(C(CC)CC(CC(CC(CC)c2ccccc2)c2ccc(CN[CH-]N(C(C)C)[PH+](c3ccccc3)c3ccccc3)cc2)c2ccccc2)cc1.[Cl][Cr+]([Cl])[Cl]. The number of hydrogen-bond acceptors (Lipinski definition) is 2. The number of nitrogens with one attached hydrogen (secondary N) is 1. The fourth-order valence-corrected chi connectivity index (χ4v) is 13.2. The summed E-state index contributed by atoms with van der Waals surface area (Å²) in [6.07, 6.45) is 7.98. The van der Waals surface area contributed by atoms with Crippen LogP contribution in [0.5, 0.6) is 0 Å². The maximum atomic E-state index is 4.93. The topological polar surface area (TPSA) is 15.3 Å². The van der Waals surface area contributed by atoms with Gasteiger partial charge in [-0.3, -0.25) is 4.67 Å². The van der Waals surface area contributed by atoms with Gasteiger partial charge in [-0.1, -0.05) is 204 Å². The molecule has 0 bridgehead atoms. The Morgan fingerprint density at radius 3 is 1.13 bits per heavy atom. The number of nitrogens with zero attached hydrogens (tertiary/aromatic N) is 1. The summed E-state index contributed by atoms with van der Waals surface area (Å²) in [5, 5.41) is 6.55. The van der Waals surface area contributed by atoms with E-state index in [-0.39, 0.29) is 0 Å². The van der Waals surface area contributed by atoms with Crippen LogP contribution in [0.15, 0.2) is 200 Å². The van der Waals surface area contributed by atoms with Gasteiger partial charge in [0.05, 0.1) is 0 Å². The summed E-state index contributed by atoms with van der Waals surface area (Å²) >= 11 is -1.62. The molecule has 0 saturated heterocycles. The third kappa shape index (κ3) is 17.7. The zero-order valence-electron chi connectivity index (χ0n) is 42.8. The second-order valence-electron chi connectivity index (χ2n) is 19.5. The first-order valence-corrected chi connectivity index (χ1v) is 32.7.